The number of nitrogens with one attached hydrogen (secondary N) is 2. The van der Waals surface area contributed by atoms with E-state index in [1.54, 1.807) is 0 Å². The van der Waals surface area contributed by atoms with Crippen LogP contribution in [0.5, 0.6) is 0 Å². The number of hydrogen-bond acceptors (Lipinski definition) is 3. The fraction of sp³-hybridized carbons (Fsp3) is 0.150. The number of rotatable bonds is 6. The van der Waals surface area contributed by atoms with Gasteiger partial charge in [0.05, 0.1) is 18.0 Å². The molecule has 168 valence electrons. The Balaban J connectivity index is 1.87. The van der Waals surface area contributed by atoms with Crippen LogP contribution in [0.4, 0.5) is 22.0 Å². The van der Waals surface area contributed by atoms with Gasteiger partial charge < -0.3 is 10.4 Å². The van der Waals surface area contributed by atoms with Crippen LogP contribution in [0.25, 0.3) is 5.69 Å². The molecule has 0 bridgehead atoms. The minimum Gasteiger partial charge on any atom is -0.481 e. The van der Waals surface area contributed by atoms with Crippen molar-refractivity contribution in [1.29, 1.82) is 0 Å². The molecule has 0 unspecified atom stereocenters. The molecule has 32 heavy (non-hydrogen) atoms. The highest BCUT2D eigenvalue weighted by atomic mass is 19.4. The predicted molar refractivity (Wildman–Crippen MR) is 100 cm³/mol. The minimum atomic E-state index is -4.60. The van der Waals surface area contributed by atoms with Gasteiger partial charge in [0, 0.05) is 12.1 Å². The third-order valence-corrected chi connectivity index (χ3v) is 4.44. The van der Waals surface area contributed by atoms with Crippen molar-refractivity contribution in [3.63, 3.8) is 0 Å². The van der Waals surface area contributed by atoms with E-state index in [-0.39, 0.29) is 16.9 Å². The van der Waals surface area contributed by atoms with Crippen molar-refractivity contribution in [3.05, 3.63) is 87.3 Å². The Kier molecular flexibility index (Phi) is 6.14. The molecule has 0 saturated carbocycles. The molecule has 12 heteroatoms. The number of carboxylic acids is 1. The number of nitrogens with zero attached hydrogens (tertiary/aromatic N) is 1. The molecule has 1 amide bonds. The monoisotopic (exact) mass is 455 g/mol. The smallest absolute Gasteiger partial charge is 0.416 e. The van der Waals surface area contributed by atoms with E-state index in [0.29, 0.717) is 10.7 Å². The Morgan fingerprint density at radius 2 is 1.72 bits per heavy atom. The number of H-pyrrole nitrogens is 1. The highest BCUT2D eigenvalue weighted by Crippen LogP contribution is 2.30. The Hall–Kier alpha value is -3.96. The summed E-state index contributed by atoms with van der Waals surface area (Å²) in [5.74, 6) is -4.25. The number of carboxylic acid groups (broad SMARTS) is 1. The molecule has 7 nitrogen and oxygen atoms in total. The highest BCUT2D eigenvalue weighted by molar-refractivity contribution is 5.92. The molecule has 0 aliphatic heterocycles. The number of aliphatic carboxylic acids is 1. The van der Waals surface area contributed by atoms with Gasteiger partial charge in [-0.3, -0.25) is 19.5 Å². The van der Waals surface area contributed by atoms with E-state index in [1.165, 1.54) is 0 Å². The van der Waals surface area contributed by atoms with Crippen molar-refractivity contribution >= 4 is 11.9 Å². The molecule has 0 radical (unpaired) electrons. The average molecular weight is 455 g/mol. The molecule has 2 aromatic carbocycles. The third kappa shape index (κ3) is 5.02. The summed E-state index contributed by atoms with van der Waals surface area (Å²) in [5, 5.41) is 13.7. The van der Waals surface area contributed by atoms with Crippen molar-refractivity contribution in [2.75, 3.05) is 0 Å². The largest absolute Gasteiger partial charge is 0.481 e. The lowest BCUT2D eigenvalue weighted by Crippen LogP contribution is -2.30. The van der Waals surface area contributed by atoms with Crippen LogP contribution in [0.15, 0.2) is 53.3 Å². The number of aromatic nitrogens is 2. The molecule has 0 saturated heterocycles. The molecular weight excluding hydrogens is 441 g/mol. The fourth-order valence-electron chi connectivity index (χ4n) is 2.92. The van der Waals surface area contributed by atoms with Gasteiger partial charge in [0.25, 0.3) is 11.5 Å². The van der Waals surface area contributed by atoms with Crippen LogP contribution < -0.4 is 10.9 Å². The van der Waals surface area contributed by atoms with Gasteiger partial charge >= 0.3 is 12.1 Å². The molecule has 3 N–H and O–H groups in total. The van der Waals surface area contributed by atoms with Gasteiger partial charge in [-0.1, -0.05) is 12.1 Å². The van der Waals surface area contributed by atoms with Gasteiger partial charge in [-0.25, -0.2) is 13.5 Å². The molecule has 1 aromatic heterocycles. The number of carbonyl (C=O) groups is 2. The zero-order valence-corrected chi connectivity index (χ0v) is 15.9. The lowest BCUT2D eigenvalue weighted by molar-refractivity contribution is -0.138. The summed E-state index contributed by atoms with van der Waals surface area (Å²) < 4.78 is 65.9. The van der Waals surface area contributed by atoms with Gasteiger partial charge in [-0.05, 0) is 29.8 Å². The number of amides is 1. The summed E-state index contributed by atoms with van der Waals surface area (Å²) in [6.07, 6.45) is -5.25. The Bertz CT molecular complexity index is 1220. The number of benzene rings is 2. The minimum absolute atomic E-state index is 0.0834. The van der Waals surface area contributed by atoms with Gasteiger partial charge in [-0.15, -0.1) is 0 Å². The maximum Gasteiger partial charge on any atom is 0.416 e. The average Bonchev–Trinajstić information content (AvgIpc) is 3.08. The lowest BCUT2D eigenvalue weighted by Gasteiger charge is -2.18. The van der Waals surface area contributed by atoms with E-state index >= 15 is 0 Å². The second kappa shape index (κ2) is 8.65. The van der Waals surface area contributed by atoms with Crippen molar-refractivity contribution in [3.8, 4) is 5.69 Å². The van der Waals surface area contributed by atoms with Gasteiger partial charge in [0.2, 0.25) is 0 Å². The first-order valence-corrected chi connectivity index (χ1v) is 8.93. The van der Waals surface area contributed by atoms with Crippen molar-refractivity contribution in [2.45, 2.75) is 18.6 Å². The van der Waals surface area contributed by atoms with E-state index in [4.69, 9.17) is 5.11 Å². The Morgan fingerprint density at radius 1 is 1.06 bits per heavy atom. The summed E-state index contributed by atoms with van der Waals surface area (Å²) in [6.45, 7) is 0. The number of halogens is 5. The maximum atomic E-state index is 14.0. The topological polar surface area (TPSA) is 104 Å². The number of aromatic amines is 1. The quantitative estimate of drug-likeness (QED) is 0.496. The van der Waals surface area contributed by atoms with Gasteiger partial charge in [-0.2, -0.15) is 13.2 Å². The van der Waals surface area contributed by atoms with E-state index in [0.717, 1.165) is 42.5 Å². The summed E-state index contributed by atoms with van der Waals surface area (Å²) in [6, 6.07) is 5.53. The van der Waals surface area contributed by atoms with Gasteiger partial charge in [0.1, 0.15) is 17.2 Å². The van der Waals surface area contributed by atoms with Crippen molar-refractivity contribution in [1.82, 2.24) is 15.1 Å². The SMILES string of the molecule is O=C(O)C[C@H](NC(=O)c1cc(=O)n(-c2ccc(F)cc2F)[nH]1)c1ccc(C(F)(F)F)cc1. The molecule has 1 atom stereocenters. The number of hydrogen-bond donors (Lipinski definition) is 3. The van der Waals surface area contributed by atoms with E-state index in [2.05, 4.69) is 10.4 Å². The van der Waals surface area contributed by atoms with Crippen molar-refractivity contribution < 1.29 is 36.6 Å². The Morgan fingerprint density at radius 3 is 2.28 bits per heavy atom. The molecule has 0 spiro atoms. The first-order chi connectivity index (χ1) is 15.0. The van der Waals surface area contributed by atoms with Crippen LogP contribution in [0.1, 0.15) is 34.1 Å². The molecule has 3 rings (SSSR count). The zero-order chi connectivity index (χ0) is 23.6. The van der Waals surface area contributed by atoms with E-state index in [9.17, 15) is 36.3 Å². The Labute approximate surface area is 176 Å². The summed E-state index contributed by atoms with van der Waals surface area (Å²) in [7, 11) is 0. The van der Waals surface area contributed by atoms with Crippen LogP contribution in [0.3, 0.4) is 0 Å². The maximum absolute atomic E-state index is 14.0. The van der Waals surface area contributed by atoms with Crippen molar-refractivity contribution in [2.24, 2.45) is 0 Å². The summed E-state index contributed by atoms with van der Waals surface area (Å²) in [5.41, 5.74) is -2.46. The third-order valence-electron chi connectivity index (χ3n) is 4.44. The highest BCUT2D eigenvalue weighted by Gasteiger charge is 2.30. The van der Waals surface area contributed by atoms with E-state index < -0.39 is 53.3 Å². The predicted octanol–water partition coefficient (Wildman–Crippen LogP) is 3.41. The molecule has 3 aromatic rings. The van der Waals surface area contributed by atoms with Gasteiger partial charge in [0.15, 0.2) is 5.82 Å². The van der Waals surface area contributed by atoms with Crippen LogP contribution in [0.2, 0.25) is 0 Å². The first kappa shape index (κ1) is 22.7. The molecule has 0 fully saturated rings. The second-order valence-electron chi connectivity index (χ2n) is 6.68. The zero-order valence-electron chi connectivity index (χ0n) is 15.9. The lowest BCUT2D eigenvalue weighted by atomic mass is 10.0. The fourth-order valence-corrected chi connectivity index (χ4v) is 2.92. The van der Waals surface area contributed by atoms with Crippen LogP contribution in [0, 0.1) is 11.6 Å². The van der Waals surface area contributed by atoms with Crippen LogP contribution in [-0.4, -0.2) is 26.8 Å². The second-order valence-corrected chi connectivity index (χ2v) is 6.68. The summed E-state index contributed by atoms with van der Waals surface area (Å²) in [4.78, 5) is 35.9. The summed E-state index contributed by atoms with van der Waals surface area (Å²) >= 11 is 0. The molecule has 1 heterocycles. The number of alkyl halides is 3. The molecular formula is C20H14F5N3O4. The molecule has 0 aliphatic rings. The standard InChI is InChI=1S/C20H14F5N3O4/c21-12-5-6-16(13(22)7-12)28-17(29)8-15(27-28)19(32)26-14(9-18(30)31)10-1-3-11(4-2-10)20(23,24)25/h1-8,14,27H,9H2,(H,26,32)(H,30,31)/t14-/m0/s1. The van der Waals surface area contributed by atoms with Crippen LogP contribution in [-0.2, 0) is 11.0 Å². The van der Waals surface area contributed by atoms with Crippen LogP contribution >= 0.6 is 0 Å². The van der Waals surface area contributed by atoms with E-state index in [1.807, 2.05) is 0 Å². The normalized spacial score (nSPS) is 12.4. The molecule has 0 aliphatic carbocycles. The first-order valence-electron chi connectivity index (χ1n) is 8.93. The number of carbonyl (C=O) groups excluding carboxylic acids is 1.